The summed E-state index contributed by atoms with van der Waals surface area (Å²) < 4.78 is 0. The summed E-state index contributed by atoms with van der Waals surface area (Å²) in [6.45, 7) is 0. The number of hydrogen-bond donors (Lipinski definition) is 1. The highest BCUT2D eigenvalue weighted by Gasteiger charge is 2.29. The molecule has 0 aromatic heterocycles. The molecular formula is C18H25N3O2. The van der Waals surface area contributed by atoms with Gasteiger partial charge in [-0.3, -0.25) is 15.5 Å². The summed E-state index contributed by atoms with van der Waals surface area (Å²) in [6.07, 6.45) is 11.4. The van der Waals surface area contributed by atoms with Gasteiger partial charge in [0.2, 0.25) is 0 Å². The van der Waals surface area contributed by atoms with Crippen molar-refractivity contribution < 1.29 is 4.92 Å². The Kier molecular flexibility index (Phi) is 5.26. The first-order valence-corrected chi connectivity index (χ1v) is 8.81. The van der Waals surface area contributed by atoms with E-state index in [0.29, 0.717) is 11.6 Å². The van der Waals surface area contributed by atoms with Gasteiger partial charge in [0, 0.05) is 17.7 Å². The molecule has 1 N–H and O–H groups in total. The van der Waals surface area contributed by atoms with Crippen LogP contribution in [0.2, 0.25) is 0 Å². The monoisotopic (exact) mass is 315 g/mol. The van der Waals surface area contributed by atoms with Crippen molar-refractivity contribution in [3.63, 3.8) is 0 Å². The predicted molar refractivity (Wildman–Crippen MR) is 92.7 cm³/mol. The zero-order chi connectivity index (χ0) is 16.1. The Hall–Kier alpha value is -1.91. The SMILES string of the molecule is O=[N+]([O-])c1ccccc1NN=C1CCCCC1C1CCCCC1. The van der Waals surface area contributed by atoms with Crippen LogP contribution in [-0.4, -0.2) is 10.6 Å². The van der Waals surface area contributed by atoms with Gasteiger partial charge in [-0.05, 0) is 44.1 Å². The van der Waals surface area contributed by atoms with E-state index >= 15 is 0 Å². The summed E-state index contributed by atoms with van der Waals surface area (Å²) >= 11 is 0. The molecule has 23 heavy (non-hydrogen) atoms. The molecule has 1 aromatic rings. The third kappa shape index (κ3) is 3.89. The van der Waals surface area contributed by atoms with Crippen molar-refractivity contribution in [2.75, 3.05) is 5.43 Å². The first-order valence-electron chi connectivity index (χ1n) is 8.81. The number of nitrogens with zero attached hydrogens (tertiary/aromatic N) is 2. The van der Waals surface area contributed by atoms with Crippen LogP contribution in [0.25, 0.3) is 0 Å². The van der Waals surface area contributed by atoms with Crippen LogP contribution in [-0.2, 0) is 0 Å². The molecule has 1 aromatic carbocycles. The minimum Gasteiger partial charge on any atom is -0.272 e. The van der Waals surface area contributed by atoms with Gasteiger partial charge in [-0.25, -0.2) is 0 Å². The molecule has 2 fully saturated rings. The molecule has 0 saturated heterocycles. The van der Waals surface area contributed by atoms with E-state index in [2.05, 4.69) is 10.5 Å². The summed E-state index contributed by atoms with van der Waals surface area (Å²) in [5.74, 6) is 1.33. The van der Waals surface area contributed by atoms with Crippen LogP contribution in [0, 0.1) is 22.0 Å². The van der Waals surface area contributed by atoms with Gasteiger partial charge < -0.3 is 0 Å². The van der Waals surface area contributed by atoms with Crippen LogP contribution in [0.4, 0.5) is 11.4 Å². The summed E-state index contributed by atoms with van der Waals surface area (Å²) in [7, 11) is 0. The van der Waals surface area contributed by atoms with Gasteiger partial charge in [-0.15, -0.1) is 0 Å². The maximum absolute atomic E-state index is 11.1. The molecule has 124 valence electrons. The zero-order valence-electron chi connectivity index (χ0n) is 13.5. The molecule has 5 nitrogen and oxygen atoms in total. The van der Waals surface area contributed by atoms with Gasteiger partial charge in [0.15, 0.2) is 0 Å². The minimum absolute atomic E-state index is 0.0851. The molecule has 0 aliphatic heterocycles. The highest BCUT2D eigenvalue weighted by atomic mass is 16.6. The number of nitro benzene ring substituents is 1. The number of rotatable bonds is 4. The van der Waals surface area contributed by atoms with Gasteiger partial charge in [0.25, 0.3) is 5.69 Å². The second-order valence-electron chi connectivity index (χ2n) is 6.74. The zero-order valence-corrected chi connectivity index (χ0v) is 13.5. The van der Waals surface area contributed by atoms with E-state index in [9.17, 15) is 10.1 Å². The highest BCUT2D eigenvalue weighted by molar-refractivity contribution is 5.88. The predicted octanol–water partition coefficient (Wildman–Crippen LogP) is 5.13. The van der Waals surface area contributed by atoms with Gasteiger partial charge in [-0.1, -0.05) is 37.8 Å². The quantitative estimate of drug-likeness (QED) is 0.618. The Morgan fingerprint density at radius 3 is 2.57 bits per heavy atom. The van der Waals surface area contributed by atoms with E-state index in [1.165, 1.54) is 63.1 Å². The Balaban J connectivity index is 1.75. The summed E-state index contributed by atoms with van der Waals surface area (Å²) in [5, 5.41) is 15.7. The number of anilines is 1. The number of para-hydroxylation sites is 2. The molecule has 0 bridgehead atoms. The smallest absolute Gasteiger partial charge is 0.272 e. The number of nitrogens with one attached hydrogen (secondary N) is 1. The number of benzene rings is 1. The molecule has 2 aliphatic rings. The van der Waals surface area contributed by atoms with E-state index in [1.807, 2.05) is 0 Å². The molecule has 2 saturated carbocycles. The van der Waals surface area contributed by atoms with Crippen molar-refractivity contribution in [3.05, 3.63) is 34.4 Å². The molecule has 1 unspecified atom stereocenters. The summed E-state index contributed by atoms with van der Waals surface area (Å²) in [5.41, 5.74) is 4.77. The van der Waals surface area contributed by atoms with Crippen LogP contribution >= 0.6 is 0 Å². The average molecular weight is 315 g/mol. The maximum Gasteiger partial charge on any atom is 0.294 e. The highest BCUT2D eigenvalue weighted by Crippen LogP contribution is 2.37. The Labute approximate surface area is 137 Å². The third-order valence-corrected chi connectivity index (χ3v) is 5.27. The van der Waals surface area contributed by atoms with Crippen molar-refractivity contribution in [1.82, 2.24) is 0 Å². The molecule has 0 heterocycles. The third-order valence-electron chi connectivity index (χ3n) is 5.27. The number of hydrogen-bond acceptors (Lipinski definition) is 4. The Bertz CT molecular complexity index is 579. The average Bonchev–Trinajstić information content (AvgIpc) is 2.61. The van der Waals surface area contributed by atoms with E-state index in [1.54, 1.807) is 18.2 Å². The first kappa shape index (κ1) is 16.0. The van der Waals surface area contributed by atoms with Crippen LogP contribution in [0.1, 0.15) is 57.8 Å². The fraction of sp³-hybridized carbons (Fsp3) is 0.611. The van der Waals surface area contributed by atoms with E-state index in [0.717, 1.165) is 12.3 Å². The van der Waals surface area contributed by atoms with Gasteiger partial charge in [-0.2, -0.15) is 5.10 Å². The first-order chi connectivity index (χ1) is 11.3. The van der Waals surface area contributed by atoms with E-state index < -0.39 is 0 Å². The fourth-order valence-corrected chi connectivity index (χ4v) is 4.06. The largest absolute Gasteiger partial charge is 0.294 e. The fourth-order valence-electron chi connectivity index (χ4n) is 4.06. The molecule has 0 radical (unpaired) electrons. The maximum atomic E-state index is 11.1. The molecule has 0 amide bonds. The lowest BCUT2D eigenvalue weighted by atomic mass is 9.72. The van der Waals surface area contributed by atoms with Gasteiger partial charge >= 0.3 is 0 Å². The van der Waals surface area contributed by atoms with Crippen molar-refractivity contribution in [3.8, 4) is 0 Å². The van der Waals surface area contributed by atoms with Crippen LogP contribution < -0.4 is 5.43 Å². The van der Waals surface area contributed by atoms with Gasteiger partial charge in [0.05, 0.1) is 4.92 Å². The summed E-state index contributed by atoms with van der Waals surface area (Å²) in [4.78, 5) is 10.7. The second kappa shape index (κ2) is 7.57. The molecule has 5 heteroatoms. The lowest BCUT2D eigenvalue weighted by molar-refractivity contribution is -0.384. The number of hydrazone groups is 1. The van der Waals surface area contributed by atoms with Crippen molar-refractivity contribution in [2.45, 2.75) is 57.8 Å². The Morgan fingerprint density at radius 2 is 1.78 bits per heavy atom. The summed E-state index contributed by atoms with van der Waals surface area (Å²) in [6, 6.07) is 6.72. The van der Waals surface area contributed by atoms with Gasteiger partial charge in [0.1, 0.15) is 5.69 Å². The van der Waals surface area contributed by atoms with E-state index in [4.69, 9.17) is 0 Å². The molecule has 1 atom stereocenters. The van der Waals surface area contributed by atoms with Crippen LogP contribution in [0.3, 0.4) is 0 Å². The molecule has 0 spiro atoms. The standard InChI is InChI=1S/C18H25N3O2/c22-21(23)18-13-7-6-12-17(18)20-19-16-11-5-4-10-15(16)14-8-2-1-3-9-14/h6-7,12-15,20H,1-5,8-11H2. The molecule has 3 rings (SSSR count). The topological polar surface area (TPSA) is 67.5 Å². The van der Waals surface area contributed by atoms with Crippen LogP contribution in [0.15, 0.2) is 29.4 Å². The van der Waals surface area contributed by atoms with E-state index in [-0.39, 0.29) is 10.6 Å². The normalized spacial score (nSPS) is 24.5. The Morgan fingerprint density at radius 1 is 1.04 bits per heavy atom. The second-order valence-corrected chi connectivity index (χ2v) is 6.74. The molecule has 2 aliphatic carbocycles. The minimum atomic E-state index is -0.359. The van der Waals surface area contributed by atoms with Crippen molar-refractivity contribution >= 4 is 17.1 Å². The van der Waals surface area contributed by atoms with Crippen molar-refractivity contribution in [1.29, 1.82) is 0 Å². The van der Waals surface area contributed by atoms with Crippen molar-refractivity contribution in [2.24, 2.45) is 16.9 Å². The number of nitro groups is 1. The molecular weight excluding hydrogens is 290 g/mol. The lowest BCUT2D eigenvalue weighted by Gasteiger charge is -2.34. The lowest BCUT2D eigenvalue weighted by Crippen LogP contribution is -2.29. The van der Waals surface area contributed by atoms with Crippen LogP contribution in [0.5, 0.6) is 0 Å².